The molecule has 4 aromatic rings. The normalized spacial score (nSPS) is 24.5. The molecule has 0 amide bonds. The van der Waals surface area contributed by atoms with E-state index in [0.717, 1.165) is 17.1 Å². The van der Waals surface area contributed by atoms with Crippen LogP contribution in [0.25, 0.3) is 11.2 Å². The van der Waals surface area contributed by atoms with Gasteiger partial charge in [-0.3, -0.25) is 4.68 Å². The Kier molecular flexibility index (Phi) is 5.25. The molecule has 0 aliphatic carbocycles. The fraction of sp³-hybridized carbons (Fsp3) is 0.429. The fourth-order valence-electron chi connectivity index (χ4n) is 4.21. The summed E-state index contributed by atoms with van der Waals surface area (Å²) in [4.78, 5) is 12.2. The van der Waals surface area contributed by atoms with E-state index in [1.54, 1.807) is 12.3 Å². The van der Waals surface area contributed by atoms with Gasteiger partial charge in [-0.2, -0.15) is 10.1 Å². The number of aliphatic hydroxyl groups excluding tert-OH is 1. The number of rotatable bonds is 7. The average molecular weight is 473 g/mol. The number of H-pyrrole nitrogens is 1. The summed E-state index contributed by atoms with van der Waals surface area (Å²) in [5.74, 6) is 0. The van der Waals surface area contributed by atoms with E-state index in [9.17, 15) is 5.11 Å². The number of hydrogen-bond acceptors (Lipinski definition) is 9. The Morgan fingerprint density at radius 1 is 1.15 bits per heavy atom. The first-order chi connectivity index (χ1) is 16.1. The van der Waals surface area contributed by atoms with Crippen molar-refractivity contribution in [2.24, 2.45) is 0 Å². The molecule has 0 spiro atoms. The highest BCUT2D eigenvalue weighted by Gasteiger charge is 2.48. The molecular formula is C21H21ClN6O5. The molecule has 0 bridgehead atoms. The molecule has 4 atom stereocenters. The monoisotopic (exact) mass is 472 g/mol. The van der Waals surface area contributed by atoms with Crippen molar-refractivity contribution in [3.05, 3.63) is 52.8 Å². The minimum absolute atomic E-state index is 0.244. The highest BCUT2D eigenvalue weighted by atomic mass is 35.5. The molecule has 33 heavy (non-hydrogen) atoms. The fourth-order valence-corrected chi connectivity index (χ4v) is 4.45. The molecule has 0 aromatic carbocycles. The van der Waals surface area contributed by atoms with Crippen molar-refractivity contribution in [2.45, 2.75) is 43.8 Å². The number of halogens is 1. The molecule has 0 radical (unpaired) electrons. The third-order valence-corrected chi connectivity index (χ3v) is 6.18. The van der Waals surface area contributed by atoms with Crippen LogP contribution in [0.15, 0.2) is 35.2 Å². The lowest BCUT2D eigenvalue weighted by atomic mass is 10.1. The quantitative estimate of drug-likeness (QED) is 0.410. The molecule has 172 valence electrons. The second-order valence-corrected chi connectivity index (χ2v) is 8.55. The van der Waals surface area contributed by atoms with Crippen molar-refractivity contribution >= 4 is 22.8 Å². The van der Waals surface area contributed by atoms with Crippen molar-refractivity contribution in [1.29, 1.82) is 0 Å². The molecule has 12 heteroatoms. The standard InChI is InChI=1S/C21H21ClN6O5/c22-13-7-15-20(25-21(24-15)33-17-10-31-18-16(29)9-30-19(17)18)23-14(13)2-1-11-3-5-28(26-11)8-12-4-6-32-27-12/h3-7,16-19,29H,1-2,8-10H2,(H,23,24,25)/t16-,17-,18-,19-/m1/s1. The zero-order chi connectivity index (χ0) is 22.4. The molecule has 11 nitrogen and oxygen atoms in total. The Labute approximate surface area is 192 Å². The topological polar surface area (TPSA) is 133 Å². The maximum absolute atomic E-state index is 9.88. The largest absolute Gasteiger partial charge is 0.456 e. The minimum Gasteiger partial charge on any atom is -0.456 e. The van der Waals surface area contributed by atoms with Crippen molar-refractivity contribution in [3.63, 3.8) is 0 Å². The number of hydrogen-bond donors (Lipinski definition) is 2. The molecule has 2 N–H and O–H groups in total. The van der Waals surface area contributed by atoms with Gasteiger partial charge in [0.1, 0.15) is 30.3 Å². The van der Waals surface area contributed by atoms with Gasteiger partial charge in [-0.1, -0.05) is 16.8 Å². The number of nitrogens with one attached hydrogen (secondary N) is 1. The number of aromatic nitrogens is 6. The van der Waals surface area contributed by atoms with E-state index >= 15 is 0 Å². The van der Waals surface area contributed by atoms with Gasteiger partial charge in [0.05, 0.1) is 41.7 Å². The van der Waals surface area contributed by atoms with Gasteiger partial charge in [0.15, 0.2) is 11.8 Å². The van der Waals surface area contributed by atoms with Crippen molar-refractivity contribution in [3.8, 4) is 6.01 Å². The lowest BCUT2D eigenvalue weighted by Gasteiger charge is -2.15. The Bertz CT molecular complexity index is 1260. The first-order valence-corrected chi connectivity index (χ1v) is 11.0. The Hall–Kier alpha value is -2.99. The summed E-state index contributed by atoms with van der Waals surface area (Å²) >= 11 is 6.47. The summed E-state index contributed by atoms with van der Waals surface area (Å²) in [6, 6.07) is 5.89. The van der Waals surface area contributed by atoms with E-state index in [1.165, 1.54) is 0 Å². The van der Waals surface area contributed by atoms with Crippen LogP contribution in [0.2, 0.25) is 5.02 Å². The zero-order valence-electron chi connectivity index (χ0n) is 17.4. The van der Waals surface area contributed by atoms with Crippen LogP contribution in [-0.2, 0) is 28.9 Å². The van der Waals surface area contributed by atoms with Gasteiger partial charge in [-0.05, 0) is 25.0 Å². The summed E-state index contributed by atoms with van der Waals surface area (Å²) in [7, 11) is 0. The molecule has 2 saturated heterocycles. The molecule has 4 aromatic heterocycles. The van der Waals surface area contributed by atoms with Gasteiger partial charge in [0, 0.05) is 12.3 Å². The zero-order valence-corrected chi connectivity index (χ0v) is 18.2. The molecule has 0 saturated carbocycles. The summed E-state index contributed by atoms with van der Waals surface area (Å²) in [5.41, 5.74) is 3.67. The number of pyridine rings is 1. The average Bonchev–Trinajstić information content (AvgIpc) is 3.60. The predicted octanol–water partition coefficient (Wildman–Crippen LogP) is 1.54. The molecule has 2 aliphatic heterocycles. The maximum atomic E-state index is 9.88. The lowest BCUT2D eigenvalue weighted by molar-refractivity contribution is 0.00706. The molecule has 2 aliphatic rings. The van der Waals surface area contributed by atoms with Crippen LogP contribution in [-0.4, -0.2) is 72.6 Å². The number of aryl methyl sites for hydroxylation is 2. The van der Waals surface area contributed by atoms with E-state index in [0.29, 0.717) is 48.2 Å². The number of imidazole rings is 1. The number of nitrogens with zero attached hydrogens (tertiary/aromatic N) is 5. The molecule has 6 rings (SSSR count). The summed E-state index contributed by atoms with van der Waals surface area (Å²) in [6.45, 7) is 1.12. The van der Waals surface area contributed by atoms with Crippen LogP contribution in [0.1, 0.15) is 17.1 Å². The molecule has 2 fully saturated rings. The van der Waals surface area contributed by atoms with Crippen LogP contribution in [0, 0.1) is 0 Å². The van der Waals surface area contributed by atoms with Crippen molar-refractivity contribution < 1.29 is 23.8 Å². The van der Waals surface area contributed by atoms with E-state index in [4.69, 9.17) is 30.3 Å². The molecule has 0 unspecified atom stereocenters. The van der Waals surface area contributed by atoms with Crippen molar-refractivity contribution in [1.82, 2.24) is 29.9 Å². The van der Waals surface area contributed by atoms with Gasteiger partial charge in [0.25, 0.3) is 6.01 Å². The lowest BCUT2D eigenvalue weighted by Crippen LogP contribution is -2.34. The first kappa shape index (κ1) is 20.6. The minimum atomic E-state index is -0.629. The maximum Gasteiger partial charge on any atom is 0.296 e. The van der Waals surface area contributed by atoms with Crippen molar-refractivity contribution in [2.75, 3.05) is 13.2 Å². The van der Waals surface area contributed by atoms with E-state index in [1.807, 2.05) is 23.0 Å². The SMILES string of the molecule is O[C@@H]1CO[C@H]2[C@@H]1OC[C@H]2Oc1nc2nc(CCc3ccn(Cc4ccon4)n3)c(Cl)cc2[nH]1. The summed E-state index contributed by atoms with van der Waals surface area (Å²) < 4.78 is 23.8. The third-order valence-electron chi connectivity index (χ3n) is 5.85. The van der Waals surface area contributed by atoms with E-state index in [2.05, 4.69) is 25.2 Å². The van der Waals surface area contributed by atoms with Gasteiger partial charge < -0.3 is 28.8 Å². The second-order valence-electron chi connectivity index (χ2n) is 8.14. The number of aliphatic hydroxyl groups is 1. The second kappa shape index (κ2) is 8.41. The van der Waals surface area contributed by atoms with Gasteiger partial charge in [-0.15, -0.1) is 0 Å². The van der Waals surface area contributed by atoms with Crippen LogP contribution in [0.4, 0.5) is 0 Å². The smallest absolute Gasteiger partial charge is 0.296 e. The Morgan fingerprint density at radius 3 is 2.94 bits per heavy atom. The van der Waals surface area contributed by atoms with Gasteiger partial charge in [0.2, 0.25) is 0 Å². The number of fused-ring (bicyclic) bond motifs is 2. The van der Waals surface area contributed by atoms with Gasteiger partial charge >= 0.3 is 0 Å². The predicted molar refractivity (Wildman–Crippen MR) is 114 cm³/mol. The Morgan fingerprint density at radius 2 is 2.06 bits per heavy atom. The highest BCUT2D eigenvalue weighted by Crippen LogP contribution is 2.30. The number of ether oxygens (including phenoxy) is 3. The first-order valence-electron chi connectivity index (χ1n) is 10.7. The molecule has 6 heterocycles. The summed E-state index contributed by atoms with van der Waals surface area (Å²) in [6.07, 6.45) is 3.09. The van der Waals surface area contributed by atoms with E-state index < -0.39 is 6.10 Å². The Balaban J connectivity index is 1.12. The van der Waals surface area contributed by atoms with Crippen LogP contribution >= 0.6 is 11.6 Å². The highest BCUT2D eigenvalue weighted by molar-refractivity contribution is 6.31. The van der Waals surface area contributed by atoms with E-state index in [-0.39, 0.29) is 24.9 Å². The van der Waals surface area contributed by atoms with Crippen LogP contribution in [0.5, 0.6) is 6.01 Å². The summed E-state index contributed by atoms with van der Waals surface area (Å²) in [5, 5.41) is 18.9. The van der Waals surface area contributed by atoms with Crippen LogP contribution < -0.4 is 4.74 Å². The van der Waals surface area contributed by atoms with Crippen LogP contribution in [0.3, 0.4) is 0 Å². The number of aromatic amines is 1. The third kappa shape index (κ3) is 4.08. The molecular weight excluding hydrogens is 452 g/mol. The van der Waals surface area contributed by atoms with Gasteiger partial charge in [-0.25, -0.2) is 4.98 Å².